The Hall–Kier alpha value is -3.01. The predicted molar refractivity (Wildman–Crippen MR) is 130 cm³/mol. The fourth-order valence-corrected chi connectivity index (χ4v) is 4.19. The van der Waals surface area contributed by atoms with E-state index < -0.39 is 17.5 Å². The van der Waals surface area contributed by atoms with Crippen molar-refractivity contribution in [3.63, 3.8) is 0 Å². The van der Waals surface area contributed by atoms with Crippen molar-refractivity contribution in [1.29, 1.82) is 0 Å². The Kier molecular flexibility index (Phi) is 8.37. The van der Waals surface area contributed by atoms with Gasteiger partial charge in [-0.15, -0.1) is 0 Å². The van der Waals surface area contributed by atoms with E-state index in [-0.39, 0.29) is 17.2 Å². The fraction of sp³-hybridized carbons (Fsp3) is 0.310. The summed E-state index contributed by atoms with van der Waals surface area (Å²) < 4.78 is 48.7. The molecule has 0 aliphatic heterocycles. The van der Waals surface area contributed by atoms with Crippen molar-refractivity contribution in [2.45, 2.75) is 45.4 Å². The van der Waals surface area contributed by atoms with Crippen molar-refractivity contribution in [3.8, 4) is 11.1 Å². The summed E-state index contributed by atoms with van der Waals surface area (Å²) in [5.74, 6) is -1.38. The van der Waals surface area contributed by atoms with Crippen LogP contribution in [0.2, 0.25) is 0 Å². The van der Waals surface area contributed by atoms with Crippen LogP contribution in [0.4, 0.5) is 13.2 Å². The van der Waals surface area contributed by atoms with Crippen LogP contribution < -0.4 is 0 Å². The van der Waals surface area contributed by atoms with E-state index in [0.29, 0.717) is 29.2 Å². The molecule has 0 unspecified atom stereocenters. The van der Waals surface area contributed by atoms with Gasteiger partial charge in [-0.1, -0.05) is 81.5 Å². The van der Waals surface area contributed by atoms with Crippen molar-refractivity contribution in [2.24, 2.45) is 5.92 Å². The van der Waals surface area contributed by atoms with Crippen LogP contribution in [0.15, 0.2) is 78.9 Å². The molecule has 1 aliphatic carbocycles. The molecule has 1 saturated carbocycles. The molecule has 1 aliphatic rings. The topological polar surface area (TPSA) is 9.23 Å². The summed E-state index contributed by atoms with van der Waals surface area (Å²) in [5, 5.41) is 0. The Bertz CT molecular complexity index is 1060. The molecule has 0 atom stereocenters. The lowest BCUT2D eigenvalue weighted by Crippen LogP contribution is -2.13. The van der Waals surface area contributed by atoms with Crippen molar-refractivity contribution in [3.05, 3.63) is 102 Å². The van der Waals surface area contributed by atoms with E-state index in [1.807, 2.05) is 0 Å². The van der Waals surface area contributed by atoms with Gasteiger partial charge in [-0.3, -0.25) is 0 Å². The number of hydrogen-bond donors (Lipinski definition) is 0. The molecule has 0 amide bonds. The maximum atomic E-state index is 14.9. The summed E-state index contributed by atoms with van der Waals surface area (Å²) in [5.41, 5.74) is 2.61. The third-order valence-corrected chi connectivity index (χ3v) is 6.18. The minimum atomic E-state index is -0.794. The molecule has 4 heteroatoms. The van der Waals surface area contributed by atoms with Crippen molar-refractivity contribution >= 4 is 6.08 Å². The standard InChI is InChI=1S/C29H31F3O/c1-5-33-21(4)27(30)18-20(3)6-9-22-10-14-24(15-11-22)26-17-16-25(28(31)29(26)32)23-12-7-19(2)8-13-23/h6,9-11,14-19,23H,3-5,7-8,12-13H2,1-2H3/b9-6+,27-18+. The lowest BCUT2D eigenvalue weighted by Gasteiger charge is -2.27. The van der Waals surface area contributed by atoms with E-state index in [1.165, 1.54) is 6.08 Å². The molecule has 0 N–H and O–H groups in total. The van der Waals surface area contributed by atoms with E-state index in [2.05, 4.69) is 20.1 Å². The third kappa shape index (κ3) is 6.28. The Morgan fingerprint density at radius 2 is 1.67 bits per heavy atom. The minimum absolute atomic E-state index is 0.0327. The molecule has 0 radical (unpaired) electrons. The van der Waals surface area contributed by atoms with Crippen molar-refractivity contribution in [2.75, 3.05) is 6.61 Å². The summed E-state index contributed by atoms with van der Waals surface area (Å²) in [6.45, 7) is 11.6. The second kappa shape index (κ2) is 11.2. The van der Waals surface area contributed by atoms with Gasteiger partial charge in [-0.05, 0) is 59.9 Å². The number of ether oxygens (including phenoxy) is 1. The highest BCUT2D eigenvalue weighted by Gasteiger charge is 2.25. The van der Waals surface area contributed by atoms with Gasteiger partial charge in [0.15, 0.2) is 17.5 Å². The SMILES string of the molecule is C=C(/C=C/c1ccc(-c2ccc(C3CCC(C)CC3)c(F)c2F)cc1)/C=C(/F)C(=C)OCC. The second-order valence-corrected chi connectivity index (χ2v) is 8.67. The van der Waals surface area contributed by atoms with E-state index in [1.54, 1.807) is 55.5 Å². The van der Waals surface area contributed by atoms with Gasteiger partial charge >= 0.3 is 0 Å². The normalized spacial score (nSPS) is 19.0. The molecular weight excluding hydrogens is 421 g/mol. The van der Waals surface area contributed by atoms with Gasteiger partial charge in [0.05, 0.1) is 6.61 Å². The summed E-state index contributed by atoms with van der Waals surface area (Å²) in [6.07, 6.45) is 8.59. The molecule has 0 bridgehead atoms. The first kappa shape index (κ1) is 24.6. The number of allylic oxidation sites excluding steroid dienone is 4. The molecule has 0 spiro atoms. The van der Waals surface area contributed by atoms with Crippen LogP contribution in [0, 0.1) is 17.6 Å². The van der Waals surface area contributed by atoms with Crippen molar-refractivity contribution in [1.82, 2.24) is 0 Å². The molecule has 2 aromatic rings. The second-order valence-electron chi connectivity index (χ2n) is 8.67. The third-order valence-electron chi connectivity index (χ3n) is 6.18. The van der Waals surface area contributed by atoms with Crippen LogP contribution >= 0.6 is 0 Å². The molecule has 174 valence electrons. The highest BCUT2D eigenvalue weighted by atomic mass is 19.2. The largest absolute Gasteiger partial charge is 0.491 e. The van der Waals surface area contributed by atoms with Crippen LogP contribution in [0.5, 0.6) is 0 Å². The van der Waals surface area contributed by atoms with Gasteiger partial charge in [0.2, 0.25) is 0 Å². The van der Waals surface area contributed by atoms with Crippen LogP contribution in [-0.2, 0) is 4.74 Å². The zero-order valence-corrected chi connectivity index (χ0v) is 19.3. The molecule has 0 aromatic heterocycles. The van der Waals surface area contributed by atoms with E-state index in [9.17, 15) is 13.2 Å². The highest BCUT2D eigenvalue weighted by molar-refractivity contribution is 5.67. The first-order valence-electron chi connectivity index (χ1n) is 11.4. The van der Waals surface area contributed by atoms with E-state index in [0.717, 1.165) is 31.2 Å². The van der Waals surface area contributed by atoms with Crippen LogP contribution in [0.1, 0.15) is 56.6 Å². The van der Waals surface area contributed by atoms with E-state index >= 15 is 0 Å². The number of rotatable bonds is 8. The van der Waals surface area contributed by atoms with Gasteiger partial charge < -0.3 is 4.74 Å². The number of halogens is 3. The molecular formula is C29H31F3O. The maximum absolute atomic E-state index is 14.9. The molecule has 1 fully saturated rings. The van der Waals surface area contributed by atoms with Gasteiger partial charge in [-0.2, -0.15) is 0 Å². The predicted octanol–water partition coefficient (Wildman–Crippen LogP) is 8.90. The molecule has 3 rings (SSSR count). The minimum Gasteiger partial charge on any atom is -0.491 e. The van der Waals surface area contributed by atoms with E-state index in [4.69, 9.17) is 4.74 Å². The highest BCUT2D eigenvalue weighted by Crippen LogP contribution is 2.38. The Morgan fingerprint density at radius 3 is 2.30 bits per heavy atom. The molecule has 0 saturated heterocycles. The Morgan fingerprint density at radius 1 is 1.00 bits per heavy atom. The Balaban J connectivity index is 1.71. The van der Waals surface area contributed by atoms with Crippen LogP contribution in [0.25, 0.3) is 17.2 Å². The van der Waals surface area contributed by atoms with Gasteiger partial charge in [0.1, 0.15) is 5.76 Å². The Labute approximate surface area is 195 Å². The zero-order chi connectivity index (χ0) is 24.0. The lowest BCUT2D eigenvalue weighted by atomic mass is 9.79. The smallest absolute Gasteiger partial charge is 0.166 e. The summed E-state index contributed by atoms with van der Waals surface area (Å²) >= 11 is 0. The van der Waals surface area contributed by atoms with Gasteiger partial charge in [0.25, 0.3) is 0 Å². The fourth-order valence-electron chi connectivity index (χ4n) is 4.19. The first-order chi connectivity index (χ1) is 15.8. The summed E-state index contributed by atoms with van der Waals surface area (Å²) in [6, 6.07) is 10.5. The monoisotopic (exact) mass is 452 g/mol. The zero-order valence-electron chi connectivity index (χ0n) is 19.3. The van der Waals surface area contributed by atoms with Gasteiger partial charge in [-0.25, -0.2) is 13.2 Å². The first-order valence-corrected chi connectivity index (χ1v) is 11.4. The maximum Gasteiger partial charge on any atom is 0.166 e. The summed E-state index contributed by atoms with van der Waals surface area (Å²) in [4.78, 5) is 0. The average Bonchev–Trinajstić information content (AvgIpc) is 2.81. The average molecular weight is 453 g/mol. The molecule has 1 nitrogen and oxygen atoms in total. The van der Waals surface area contributed by atoms with Gasteiger partial charge in [0, 0.05) is 5.56 Å². The lowest BCUT2D eigenvalue weighted by molar-refractivity contribution is 0.226. The molecule has 33 heavy (non-hydrogen) atoms. The number of benzene rings is 2. The van der Waals surface area contributed by atoms with Crippen LogP contribution in [0.3, 0.4) is 0 Å². The quantitative estimate of drug-likeness (QED) is 0.287. The molecule has 0 heterocycles. The van der Waals surface area contributed by atoms with Crippen LogP contribution in [-0.4, -0.2) is 6.61 Å². The molecule has 2 aromatic carbocycles. The number of hydrogen-bond acceptors (Lipinski definition) is 1. The van der Waals surface area contributed by atoms with Crippen molar-refractivity contribution < 1.29 is 17.9 Å². The summed E-state index contributed by atoms with van der Waals surface area (Å²) in [7, 11) is 0.